The maximum absolute atomic E-state index is 10.9. The van der Waals surface area contributed by atoms with E-state index in [1.807, 2.05) is 0 Å². The molecule has 6 atom stereocenters. The van der Waals surface area contributed by atoms with E-state index in [2.05, 4.69) is 6.58 Å². The zero-order chi connectivity index (χ0) is 14.4. The first kappa shape index (κ1) is 16.7. The molecule has 1 rings (SSSR count). The molecule has 0 radical (unpaired) electrons. The summed E-state index contributed by atoms with van der Waals surface area (Å²) >= 11 is -2.19. The Labute approximate surface area is 115 Å². The van der Waals surface area contributed by atoms with Crippen LogP contribution in [0.15, 0.2) is 12.7 Å². The van der Waals surface area contributed by atoms with Crippen molar-refractivity contribution in [2.45, 2.75) is 37.3 Å². The molecule has 0 spiro atoms. The first-order valence-corrected chi connectivity index (χ1v) is 7.41. The van der Waals surface area contributed by atoms with Gasteiger partial charge in [-0.2, -0.15) is 0 Å². The largest absolute Gasteiger partial charge is 0.772 e. The molecule has 0 bridgehead atoms. The minimum Gasteiger partial charge on any atom is -0.772 e. The smallest absolute Gasteiger partial charge is 0.0895 e. The SMILES string of the molecule is C=CC[C@@H]1O[C@H](C[C@H](O)CO)[C@H](OC)[C@H]1CS(=O)[O-]. The molecule has 0 amide bonds. The van der Waals surface area contributed by atoms with Crippen LogP contribution in [0.1, 0.15) is 12.8 Å². The van der Waals surface area contributed by atoms with Gasteiger partial charge in [-0.25, -0.2) is 0 Å². The molecule has 1 aliphatic rings. The topological polar surface area (TPSA) is 99.1 Å². The molecule has 19 heavy (non-hydrogen) atoms. The molecule has 1 aliphatic heterocycles. The lowest BCUT2D eigenvalue weighted by molar-refractivity contribution is -0.0394. The molecule has 0 aromatic heterocycles. The Balaban J connectivity index is 2.78. The van der Waals surface area contributed by atoms with Gasteiger partial charge < -0.3 is 24.2 Å². The van der Waals surface area contributed by atoms with E-state index in [0.29, 0.717) is 6.42 Å². The van der Waals surface area contributed by atoms with Gasteiger partial charge in [-0.3, -0.25) is 4.21 Å². The Morgan fingerprint density at radius 3 is 2.74 bits per heavy atom. The highest BCUT2D eigenvalue weighted by Gasteiger charge is 2.44. The number of aliphatic hydroxyl groups excluding tert-OH is 2. The third kappa shape index (κ3) is 4.62. The van der Waals surface area contributed by atoms with Crippen molar-refractivity contribution in [3.8, 4) is 0 Å². The fourth-order valence-electron chi connectivity index (χ4n) is 2.50. The molecule has 6 nitrogen and oxygen atoms in total. The summed E-state index contributed by atoms with van der Waals surface area (Å²) in [6, 6.07) is 0. The second-order valence-corrected chi connectivity index (χ2v) is 5.58. The number of aliphatic hydroxyl groups is 2. The van der Waals surface area contributed by atoms with E-state index in [1.165, 1.54) is 7.11 Å². The van der Waals surface area contributed by atoms with Crippen LogP contribution in [0.5, 0.6) is 0 Å². The normalized spacial score (nSPS) is 34.1. The predicted octanol–water partition coefficient (Wildman–Crippen LogP) is -0.416. The lowest BCUT2D eigenvalue weighted by Crippen LogP contribution is -2.35. The van der Waals surface area contributed by atoms with Crippen molar-refractivity contribution in [3.63, 3.8) is 0 Å². The van der Waals surface area contributed by atoms with Crippen LogP contribution in [0.25, 0.3) is 0 Å². The van der Waals surface area contributed by atoms with Crippen molar-refractivity contribution < 1.29 is 28.4 Å². The van der Waals surface area contributed by atoms with Crippen LogP contribution < -0.4 is 0 Å². The van der Waals surface area contributed by atoms with Crippen LogP contribution in [0.4, 0.5) is 0 Å². The van der Waals surface area contributed by atoms with Gasteiger partial charge in [-0.15, -0.1) is 6.58 Å². The van der Waals surface area contributed by atoms with Crippen LogP contribution in [0.3, 0.4) is 0 Å². The molecular weight excluding hydrogens is 272 g/mol. The lowest BCUT2D eigenvalue weighted by atomic mass is 9.94. The van der Waals surface area contributed by atoms with Crippen molar-refractivity contribution in [2.24, 2.45) is 5.92 Å². The van der Waals surface area contributed by atoms with Gasteiger partial charge in [-0.05, 0) is 6.42 Å². The monoisotopic (exact) mass is 293 g/mol. The Hall–Kier alpha value is -0.310. The summed E-state index contributed by atoms with van der Waals surface area (Å²) in [4.78, 5) is 0. The third-order valence-corrected chi connectivity index (χ3v) is 3.99. The van der Waals surface area contributed by atoms with Crippen LogP contribution in [-0.2, 0) is 20.6 Å². The van der Waals surface area contributed by atoms with Gasteiger partial charge in [0.05, 0.1) is 31.0 Å². The Bertz CT molecular complexity index is 311. The standard InChI is InChI=1S/C12H22O6S/c1-3-4-10-9(7-19(15)16)12(17-2)11(18-10)5-8(14)6-13/h3,8-14H,1,4-7H2,2H3,(H,15,16)/p-1/t8-,9-,10-,11+,12+/m0/s1. The molecule has 0 aliphatic carbocycles. The van der Waals surface area contributed by atoms with Crippen LogP contribution in [-0.4, -0.2) is 62.9 Å². The van der Waals surface area contributed by atoms with Gasteiger partial charge in [0.2, 0.25) is 0 Å². The Morgan fingerprint density at radius 2 is 2.26 bits per heavy atom. The van der Waals surface area contributed by atoms with Crippen LogP contribution >= 0.6 is 0 Å². The molecule has 0 aromatic rings. The van der Waals surface area contributed by atoms with Crippen LogP contribution in [0.2, 0.25) is 0 Å². The molecule has 7 heteroatoms. The van der Waals surface area contributed by atoms with Crippen molar-refractivity contribution in [1.82, 2.24) is 0 Å². The first-order chi connectivity index (χ1) is 9.03. The molecule has 2 N–H and O–H groups in total. The maximum atomic E-state index is 10.9. The lowest BCUT2D eigenvalue weighted by Gasteiger charge is -2.24. The highest BCUT2D eigenvalue weighted by Crippen LogP contribution is 2.34. The fourth-order valence-corrected chi connectivity index (χ4v) is 3.22. The third-order valence-electron chi connectivity index (χ3n) is 3.33. The quantitative estimate of drug-likeness (QED) is 0.466. The molecule has 1 saturated heterocycles. The van der Waals surface area contributed by atoms with Crippen molar-refractivity contribution in [3.05, 3.63) is 12.7 Å². The van der Waals surface area contributed by atoms with E-state index in [9.17, 15) is 13.9 Å². The summed E-state index contributed by atoms with van der Waals surface area (Å²) in [6.45, 7) is 3.27. The van der Waals surface area contributed by atoms with Crippen molar-refractivity contribution in [1.29, 1.82) is 0 Å². The highest BCUT2D eigenvalue weighted by atomic mass is 32.2. The molecule has 0 aromatic carbocycles. The average molecular weight is 293 g/mol. The summed E-state index contributed by atoms with van der Waals surface area (Å²) in [5.41, 5.74) is 0. The molecule has 1 fully saturated rings. The summed E-state index contributed by atoms with van der Waals surface area (Å²) in [5, 5.41) is 18.4. The van der Waals surface area contributed by atoms with Crippen molar-refractivity contribution in [2.75, 3.05) is 19.5 Å². The van der Waals surface area contributed by atoms with E-state index < -0.39 is 29.4 Å². The Kier molecular flexibility index (Phi) is 7.12. The predicted molar refractivity (Wildman–Crippen MR) is 69.3 cm³/mol. The van der Waals surface area contributed by atoms with Crippen molar-refractivity contribution >= 4 is 11.1 Å². The van der Waals surface area contributed by atoms with E-state index in [0.717, 1.165) is 0 Å². The molecule has 112 valence electrons. The fraction of sp³-hybridized carbons (Fsp3) is 0.833. The number of hydrogen-bond acceptors (Lipinski definition) is 6. The number of rotatable bonds is 8. The average Bonchev–Trinajstić information content (AvgIpc) is 2.66. The van der Waals surface area contributed by atoms with E-state index in [1.54, 1.807) is 6.08 Å². The number of methoxy groups -OCH3 is 1. The Morgan fingerprint density at radius 1 is 1.58 bits per heavy atom. The zero-order valence-corrected chi connectivity index (χ0v) is 11.8. The van der Waals surface area contributed by atoms with Gasteiger partial charge in [0.1, 0.15) is 0 Å². The van der Waals surface area contributed by atoms with Gasteiger partial charge in [0.15, 0.2) is 0 Å². The number of hydrogen-bond donors (Lipinski definition) is 2. The van der Waals surface area contributed by atoms with Crippen LogP contribution in [0, 0.1) is 5.92 Å². The van der Waals surface area contributed by atoms with E-state index in [-0.39, 0.29) is 30.8 Å². The summed E-state index contributed by atoms with van der Waals surface area (Å²) < 4.78 is 32.9. The second-order valence-electron chi connectivity index (χ2n) is 4.64. The molecule has 1 unspecified atom stereocenters. The van der Waals surface area contributed by atoms with Gasteiger partial charge in [0.25, 0.3) is 0 Å². The zero-order valence-electron chi connectivity index (χ0n) is 10.9. The molecule has 1 heterocycles. The minimum atomic E-state index is -2.19. The summed E-state index contributed by atoms with van der Waals surface area (Å²) in [7, 11) is 1.49. The minimum absolute atomic E-state index is 0.0528. The van der Waals surface area contributed by atoms with Gasteiger partial charge in [0, 0.05) is 25.2 Å². The molecule has 0 saturated carbocycles. The van der Waals surface area contributed by atoms with Gasteiger partial charge >= 0.3 is 0 Å². The number of ether oxygens (including phenoxy) is 2. The van der Waals surface area contributed by atoms with E-state index >= 15 is 0 Å². The van der Waals surface area contributed by atoms with Gasteiger partial charge in [-0.1, -0.05) is 17.2 Å². The van der Waals surface area contributed by atoms with E-state index in [4.69, 9.17) is 14.6 Å². The molecular formula is C12H21O6S-. The summed E-state index contributed by atoms with van der Waals surface area (Å²) in [5.74, 6) is -0.347. The highest BCUT2D eigenvalue weighted by molar-refractivity contribution is 7.79. The summed E-state index contributed by atoms with van der Waals surface area (Å²) in [6.07, 6.45) is 0.371. The maximum Gasteiger partial charge on any atom is 0.0895 e. The second kappa shape index (κ2) is 8.08. The first-order valence-electron chi connectivity index (χ1n) is 6.17.